The zero-order valence-corrected chi connectivity index (χ0v) is 24.7. The third-order valence-electron chi connectivity index (χ3n) is 7.50. The minimum Gasteiger partial charge on any atom is -0.463 e. The molecule has 0 aliphatic carbocycles. The smallest absolute Gasteiger partial charge is 0.303 e. The number of carbonyl (C=O) groups excluding carboxylic acids is 5. The van der Waals surface area contributed by atoms with Gasteiger partial charge in [0.25, 0.3) is 0 Å². The lowest BCUT2D eigenvalue weighted by molar-refractivity contribution is -0.252. The zero-order chi connectivity index (χ0) is 31.5. The molecule has 0 aromatic heterocycles. The van der Waals surface area contributed by atoms with Crippen LogP contribution in [0.25, 0.3) is 38.4 Å². The third-order valence-corrected chi connectivity index (χ3v) is 7.50. The second kappa shape index (κ2) is 12.8. The van der Waals surface area contributed by atoms with Gasteiger partial charge in [0.05, 0.1) is 0 Å². The molecular weight excluding hydrogens is 568 g/mol. The highest BCUT2D eigenvalue weighted by Crippen LogP contribution is 2.36. The lowest BCUT2D eigenvalue weighted by atomic mass is 9.91. The van der Waals surface area contributed by atoms with Gasteiger partial charge in [-0.05, 0) is 44.0 Å². The van der Waals surface area contributed by atoms with E-state index in [9.17, 15) is 24.0 Å². The maximum Gasteiger partial charge on any atom is 0.303 e. The molecule has 5 atom stereocenters. The molecule has 0 bridgehead atoms. The van der Waals surface area contributed by atoms with Crippen LogP contribution < -0.4 is 0 Å². The van der Waals surface area contributed by atoms with E-state index < -0.39 is 54.4 Å². The first-order chi connectivity index (χ1) is 21.0. The molecule has 10 nitrogen and oxygen atoms in total. The molecule has 0 amide bonds. The van der Waals surface area contributed by atoms with Crippen LogP contribution in [0.15, 0.2) is 60.7 Å². The van der Waals surface area contributed by atoms with Crippen LogP contribution >= 0.6 is 0 Å². The van der Waals surface area contributed by atoms with Gasteiger partial charge in [0.15, 0.2) is 24.1 Å². The van der Waals surface area contributed by atoms with E-state index in [2.05, 4.69) is 30.3 Å². The SMILES string of the molecule is CC(=O)OC[C@H]1O[C@@H](CC(=O)/C=C/c2ccc3ccc4cccc5ccc2c3c45)[C@H](OC(C)=O)[C@@H](OC(C)=O)[C@@H]1OC(C)=O. The Bertz CT molecular complexity index is 1760. The van der Waals surface area contributed by atoms with E-state index in [-0.39, 0.29) is 18.8 Å². The van der Waals surface area contributed by atoms with Crippen LogP contribution in [-0.4, -0.2) is 66.8 Å². The van der Waals surface area contributed by atoms with Crippen LogP contribution in [0.1, 0.15) is 39.7 Å². The summed E-state index contributed by atoms with van der Waals surface area (Å²) in [6.07, 6.45) is -3.26. The van der Waals surface area contributed by atoms with Gasteiger partial charge in [-0.2, -0.15) is 0 Å². The van der Waals surface area contributed by atoms with Crippen molar-refractivity contribution in [2.45, 2.75) is 64.6 Å². The Balaban J connectivity index is 1.45. The summed E-state index contributed by atoms with van der Waals surface area (Å²) in [6, 6.07) is 18.4. The highest BCUT2D eigenvalue weighted by molar-refractivity contribution is 6.24. The molecule has 44 heavy (non-hydrogen) atoms. The number of benzene rings is 4. The molecule has 5 rings (SSSR count). The largest absolute Gasteiger partial charge is 0.463 e. The molecule has 1 saturated heterocycles. The van der Waals surface area contributed by atoms with Crippen molar-refractivity contribution in [2.24, 2.45) is 0 Å². The number of esters is 4. The fraction of sp³-hybridized carbons (Fsp3) is 0.324. The summed E-state index contributed by atoms with van der Waals surface area (Å²) in [6.45, 7) is 4.28. The van der Waals surface area contributed by atoms with E-state index in [1.165, 1.54) is 13.0 Å². The summed E-state index contributed by atoms with van der Waals surface area (Å²) in [4.78, 5) is 61.0. The molecule has 4 aromatic carbocycles. The van der Waals surface area contributed by atoms with Crippen molar-refractivity contribution in [3.05, 3.63) is 66.2 Å². The number of hydrogen-bond acceptors (Lipinski definition) is 10. The average Bonchev–Trinajstić information content (AvgIpc) is 2.96. The average molecular weight is 601 g/mol. The van der Waals surface area contributed by atoms with Crippen molar-refractivity contribution in [1.82, 2.24) is 0 Å². The Hall–Kier alpha value is -4.83. The Kier molecular flexibility index (Phi) is 8.91. The standard InChI is InChI=1S/C34H32O10/c1-18(35)40-17-29-33(42-20(3)37)34(43-21(4)38)32(41-19(2)36)28(44-29)16-26(39)14-12-22-8-9-25-11-10-23-6-5-7-24-13-15-27(22)31(25)30(23)24/h5-15,28-29,32-34H,16-17H2,1-4H3/b14-12+/t28-,29+,32-,33+,34+/m0/s1. The number of ketones is 1. The van der Waals surface area contributed by atoms with Gasteiger partial charge in [-0.25, -0.2) is 0 Å². The predicted octanol–water partition coefficient (Wildman–Crippen LogP) is 4.68. The number of carbonyl (C=O) groups is 5. The Morgan fingerprint density at radius 3 is 1.82 bits per heavy atom. The van der Waals surface area contributed by atoms with Crippen molar-refractivity contribution in [3.8, 4) is 0 Å². The number of rotatable bonds is 9. The van der Waals surface area contributed by atoms with Crippen molar-refractivity contribution in [3.63, 3.8) is 0 Å². The van der Waals surface area contributed by atoms with Crippen LogP contribution in [0.3, 0.4) is 0 Å². The van der Waals surface area contributed by atoms with Gasteiger partial charge in [0.1, 0.15) is 18.8 Å². The van der Waals surface area contributed by atoms with Gasteiger partial charge in [-0.1, -0.05) is 60.7 Å². The van der Waals surface area contributed by atoms with Gasteiger partial charge in [-0.15, -0.1) is 0 Å². The molecule has 228 valence electrons. The molecule has 1 fully saturated rings. The summed E-state index contributed by atoms with van der Waals surface area (Å²) in [5.74, 6) is -3.17. The Labute approximate surface area is 253 Å². The molecule has 0 unspecified atom stereocenters. The highest BCUT2D eigenvalue weighted by Gasteiger charge is 2.52. The molecule has 0 radical (unpaired) electrons. The third kappa shape index (κ3) is 6.55. The van der Waals surface area contributed by atoms with Crippen LogP contribution in [0.4, 0.5) is 0 Å². The number of allylic oxidation sites excluding steroid dienone is 1. The normalized spacial score (nSPS) is 21.9. The van der Waals surface area contributed by atoms with E-state index in [1.807, 2.05) is 24.3 Å². The minimum absolute atomic E-state index is 0.276. The van der Waals surface area contributed by atoms with Crippen LogP contribution in [0, 0.1) is 0 Å². The van der Waals surface area contributed by atoms with E-state index in [0.717, 1.165) is 58.7 Å². The molecule has 1 aliphatic heterocycles. The van der Waals surface area contributed by atoms with Gasteiger partial charge < -0.3 is 23.7 Å². The van der Waals surface area contributed by atoms with E-state index in [4.69, 9.17) is 23.7 Å². The van der Waals surface area contributed by atoms with Gasteiger partial charge >= 0.3 is 23.9 Å². The van der Waals surface area contributed by atoms with E-state index >= 15 is 0 Å². The Morgan fingerprint density at radius 1 is 0.659 bits per heavy atom. The maximum atomic E-state index is 13.4. The topological polar surface area (TPSA) is 132 Å². The van der Waals surface area contributed by atoms with E-state index in [1.54, 1.807) is 6.08 Å². The molecule has 0 spiro atoms. The van der Waals surface area contributed by atoms with Crippen LogP contribution in [0.2, 0.25) is 0 Å². The summed E-state index contributed by atoms with van der Waals surface area (Å²) in [5, 5.41) is 6.59. The van der Waals surface area contributed by atoms with Crippen LogP contribution in [-0.2, 0) is 47.7 Å². The van der Waals surface area contributed by atoms with Crippen molar-refractivity contribution in [2.75, 3.05) is 6.61 Å². The van der Waals surface area contributed by atoms with Gasteiger partial charge in [0.2, 0.25) is 0 Å². The fourth-order valence-electron chi connectivity index (χ4n) is 5.83. The summed E-state index contributed by atoms with van der Waals surface area (Å²) < 4.78 is 27.5. The van der Waals surface area contributed by atoms with E-state index in [0.29, 0.717) is 0 Å². The Morgan fingerprint density at radius 2 is 1.20 bits per heavy atom. The predicted molar refractivity (Wildman–Crippen MR) is 161 cm³/mol. The molecule has 0 N–H and O–H groups in total. The second-order valence-electron chi connectivity index (χ2n) is 10.8. The summed E-state index contributed by atoms with van der Waals surface area (Å²) in [5.41, 5.74) is 0.839. The van der Waals surface area contributed by atoms with Gasteiger partial charge in [-0.3, -0.25) is 24.0 Å². The minimum atomic E-state index is -1.33. The molecule has 10 heteroatoms. The monoisotopic (exact) mass is 600 g/mol. The molecule has 0 saturated carbocycles. The number of ether oxygens (including phenoxy) is 5. The first-order valence-electron chi connectivity index (χ1n) is 14.2. The lowest BCUT2D eigenvalue weighted by Crippen LogP contribution is -2.62. The fourth-order valence-corrected chi connectivity index (χ4v) is 5.83. The summed E-state index contributed by atoms with van der Waals surface area (Å²) >= 11 is 0. The lowest BCUT2D eigenvalue weighted by Gasteiger charge is -2.44. The molecule has 1 aliphatic rings. The molecule has 1 heterocycles. The zero-order valence-electron chi connectivity index (χ0n) is 24.7. The van der Waals surface area contributed by atoms with Crippen molar-refractivity contribution >= 4 is 68.1 Å². The van der Waals surface area contributed by atoms with Gasteiger partial charge in [0, 0.05) is 34.1 Å². The first-order valence-corrected chi connectivity index (χ1v) is 14.2. The first kappa shape index (κ1) is 30.6. The molecular formula is C34H32O10. The second-order valence-corrected chi connectivity index (χ2v) is 10.8. The molecule has 4 aromatic rings. The quantitative estimate of drug-likeness (QED) is 0.115. The highest BCUT2D eigenvalue weighted by atomic mass is 16.7. The summed E-state index contributed by atoms with van der Waals surface area (Å²) in [7, 11) is 0. The van der Waals surface area contributed by atoms with Crippen LogP contribution in [0.5, 0.6) is 0 Å². The maximum absolute atomic E-state index is 13.4. The number of hydrogen-bond donors (Lipinski definition) is 0. The van der Waals surface area contributed by atoms with Crippen molar-refractivity contribution in [1.29, 1.82) is 0 Å². The van der Waals surface area contributed by atoms with Crippen molar-refractivity contribution < 1.29 is 47.7 Å².